The third-order valence-corrected chi connectivity index (χ3v) is 15.6. The van der Waals surface area contributed by atoms with E-state index in [1.165, 1.54) is 70.7 Å². The molecule has 1 aliphatic heterocycles. The maximum atomic E-state index is 5.27. The van der Waals surface area contributed by atoms with E-state index in [1.54, 1.807) is 0 Å². The van der Waals surface area contributed by atoms with Crippen molar-refractivity contribution in [2.24, 2.45) is 0 Å². The van der Waals surface area contributed by atoms with E-state index < -0.39 is 0 Å². The lowest BCUT2D eigenvalue weighted by atomic mass is 9.92. The smallest absolute Gasteiger partial charge is 0.161 e. The first kappa shape index (κ1) is 41.5. The SMILES string of the molecule is c1ccc(-c2cc(-c3ccccc3)nc(-c3cccc4cc(N5c6ccccc6-n6c7c5cc(-c5cc8c(c9ccccc59)c5ccccc5n8-c5ccccc5)cc7c5ccc7ccccc7c56)ccc34)n2)cc1. The Balaban J connectivity index is 0.962. The lowest BCUT2D eigenvalue weighted by Crippen LogP contribution is -2.18. The van der Waals surface area contributed by atoms with E-state index in [1.807, 2.05) is 12.1 Å². The van der Waals surface area contributed by atoms with Crippen molar-refractivity contribution in [2.45, 2.75) is 0 Å². The summed E-state index contributed by atoms with van der Waals surface area (Å²) in [6.07, 6.45) is 0. The van der Waals surface area contributed by atoms with Crippen molar-refractivity contribution >= 4 is 93.0 Å². The van der Waals surface area contributed by atoms with Gasteiger partial charge < -0.3 is 14.0 Å². The molecule has 16 rings (SSSR count). The van der Waals surface area contributed by atoms with Gasteiger partial charge in [-0.25, -0.2) is 9.97 Å². The summed E-state index contributed by atoms with van der Waals surface area (Å²) in [5, 5.41) is 12.0. The molecule has 0 atom stereocenters. The van der Waals surface area contributed by atoms with Crippen molar-refractivity contribution in [1.29, 1.82) is 0 Å². The summed E-state index contributed by atoms with van der Waals surface area (Å²) in [5.74, 6) is 0.693. The average Bonchev–Trinajstić information content (AvgIpc) is 4.13. The number of nitrogens with zero attached hydrogens (tertiary/aromatic N) is 5. The molecular formula is C70H43N5. The topological polar surface area (TPSA) is 38.9 Å². The molecule has 0 radical (unpaired) electrons. The molecule has 0 aliphatic carbocycles. The fourth-order valence-electron chi connectivity index (χ4n) is 12.3. The summed E-state index contributed by atoms with van der Waals surface area (Å²) >= 11 is 0. The molecule has 15 aromatic rings. The maximum Gasteiger partial charge on any atom is 0.161 e. The summed E-state index contributed by atoms with van der Waals surface area (Å²) in [5.41, 5.74) is 17.6. The summed E-state index contributed by atoms with van der Waals surface area (Å²) in [7, 11) is 0. The van der Waals surface area contributed by atoms with Crippen LogP contribution in [-0.2, 0) is 0 Å². The van der Waals surface area contributed by atoms with E-state index in [-0.39, 0.29) is 0 Å². The lowest BCUT2D eigenvalue weighted by Gasteiger charge is -2.34. The van der Waals surface area contributed by atoms with Crippen LogP contribution in [0.25, 0.3) is 132 Å². The normalized spacial score (nSPS) is 12.2. The van der Waals surface area contributed by atoms with E-state index in [0.29, 0.717) is 5.82 Å². The fourth-order valence-corrected chi connectivity index (χ4v) is 12.3. The molecule has 0 spiro atoms. The zero-order valence-corrected chi connectivity index (χ0v) is 40.6. The van der Waals surface area contributed by atoms with Gasteiger partial charge in [-0.15, -0.1) is 0 Å². The minimum Gasteiger partial charge on any atom is -0.309 e. The molecule has 0 amide bonds. The fraction of sp³-hybridized carbons (Fsp3) is 0. The zero-order valence-electron chi connectivity index (χ0n) is 40.6. The molecule has 0 saturated carbocycles. The Morgan fingerprint density at radius 1 is 0.280 bits per heavy atom. The van der Waals surface area contributed by atoms with Crippen molar-refractivity contribution in [3.8, 4) is 56.4 Å². The van der Waals surface area contributed by atoms with E-state index >= 15 is 0 Å². The highest BCUT2D eigenvalue weighted by Crippen LogP contribution is 2.53. The molecule has 0 N–H and O–H groups in total. The van der Waals surface area contributed by atoms with Crippen LogP contribution in [0, 0.1) is 0 Å². The predicted molar refractivity (Wildman–Crippen MR) is 313 cm³/mol. The highest BCUT2D eigenvalue weighted by atomic mass is 15.2. The molecular weight excluding hydrogens is 911 g/mol. The second-order valence-electron chi connectivity index (χ2n) is 19.7. The van der Waals surface area contributed by atoms with Crippen LogP contribution >= 0.6 is 0 Å². The Labute approximate surface area is 432 Å². The molecule has 5 heteroatoms. The minimum atomic E-state index is 0.693. The van der Waals surface area contributed by atoms with Crippen molar-refractivity contribution in [3.05, 3.63) is 261 Å². The number of aromatic nitrogens is 4. The summed E-state index contributed by atoms with van der Waals surface area (Å²) < 4.78 is 4.98. The van der Waals surface area contributed by atoms with Crippen LogP contribution in [0.3, 0.4) is 0 Å². The van der Waals surface area contributed by atoms with E-state index in [0.717, 1.165) is 72.9 Å². The van der Waals surface area contributed by atoms with Gasteiger partial charge in [0.25, 0.3) is 0 Å². The van der Waals surface area contributed by atoms with Crippen molar-refractivity contribution in [2.75, 3.05) is 4.90 Å². The summed E-state index contributed by atoms with van der Waals surface area (Å²) in [6.45, 7) is 0. The molecule has 12 aromatic carbocycles. The molecule has 3 aromatic heterocycles. The number of benzene rings is 12. The summed E-state index contributed by atoms with van der Waals surface area (Å²) in [4.78, 5) is 13.0. The number of anilines is 3. The number of fused-ring (bicyclic) bond motifs is 13. The van der Waals surface area contributed by atoms with Gasteiger partial charge in [-0.1, -0.05) is 194 Å². The molecule has 0 fully saturated rings. The Bertz CT molecular complexity index is 4760. The van der Waals surface area contributed by atoms with Gasteiger partial charge in [-0.05, 0) is 105 Å². The monoisotopic (exact) mass is 953 g/mol. The van der Waals surface area contributed by atoms with Gasteiger partial charge >= 0.3 is 0 Å². The molecule has 0 unspecified atom stereocenters. The van der Waals surface area contributed by atoms with Crippen LogP contribution in [0.2, 0.25) is 0 Å². The second-order valence-corrected chi connectivity index (χ2v) is 19.7. The first-order valence-corrected chi connectivity index (χ1v) is 25.7. The Morgan fingerprint density at radius 2 is 0.907 bits per heavy atom. The quantitative estimate of drug-likeness (QED) is 0.167. The Morgan fingerprint density at radius 3 is 1.68 bits per heavy atom. The van der Waals surface area contributed by atoms with Gasteiger partial charge in [0.1, 0.15) is 0 Å². The third kappa shape index (κ3) is 6.25. The molecule has 75 heavy (non-hydrogen) atoms. The second kappa shape index (κ2) is 16.2. The van der Waals surface area contributed by atoms with Crippen LogP contribution in [-0.4, -0.2) is 19.1 Å². The number of rotatable bonds is 6. The average molecular weight is 954 g/mol. The third-order valence-electron chi connectivity index (χ3n) is 15.6. The predicted octanol–water partition coefficient (Wildman–Crippen LogP) is 18.6. The van der Waals surface area contributed by atoms with Gasteiger partial charge in [0.2, 0.25) is 0 Å². The van der Waals surface area contributed by atoms with Crippen molar-refractivity contribution < 1.29 is 0 Å². The van der Waals surface area contributed by atoms with Gasteiger partial charge in [0.15, 0.2) is 5.82 Å². The number of hydrogen-bond donors (Lipinski definition) is 0. The van der Waals surface area contributed by atoms with Gasteiger partial charge in [-0.2, -0.15) is 0 Å². The highest BCUT2D eigenvalue weighted by Gasteiger charge is 2.31. The first-order valence-electron chi connectivity index (χ1n) is 25.7. The largest absolute Gasteiger partial charge is 0.309 e. The minimum absolute atomic E-state index is 0.693. The molecule has 1 aliphatic rings. The van der Waals surface area contributed by atoms with Crippen molar-refractivity contribution in [1.82, 2.24) is 19.1 Å². The molecule has 5 nitrogen and oxygen atoms in total. The number of hydrogen-bond acceptors (Lipinski definition) is 3. The molecule has 348 valence electrons. The van der Waals surface area contributed by atoms with Crippen molar-refractivity contribution in [3.63, 3.8) is 0 Å². The molecule has 0 saturated heterocycles. The van der Waals surface area contributed by atoms with Gasteiger partial charge in [-0.3, -0.25) is 0 Å². The van der Waals surface area contributed by atoms with Crippen LogP contribution < -0.4 is 4.90 Å². The first-order chi connectivity index (χ1) is 37.2. The standard InChI is InChI=1S/C70H43N5/c1-4-20-45(21-5-1)60-43-61(46-22-6-2-7-23-46)72-70(71-60)56-31-18-24-47-39-50(36-38-51(47)56)74-63-33-16-17-34-64(63)75-68-52-27-11-10-19-44(52)35-37-55(68)59-40-48(41-66(74)69(59)75)58-42-65-67(54-29-13-12-28-53(54)58)57-30-14-15-32-62(57)73(65)49-25-8-3-9-26-49/h1-43H. The van der Waals surface area contributed by atoms with Crippen LogP contribution in [0.1, 0.15) is 0 Å². The van der Waals surface area contributed by atoms with E-state index in [2.05, 4.69) is 263 Å². The van der Waals surface area contributed by atoms with Gasteiger partial charge in [0.05, 0.1) is 50.5 Å². The maximum absolute atomic E-state index is 5.27. The molecule has 4 heterocycles. The van der Waals surface area contributed by atoms with E-state index in [9.17, 15) is 0 Å². The number of para-hydroxylation sites is 4. The van der Waals surface area contributed by atoms with Crippen LogP contribution in [0.5, 0.6) is 0 Å². The lowest BCUT2D eigenvalue weighted by molar-refractivity contribution is 1.12. The van der Waals surface area contributed by atoms with Crippen LogP contribution in [0.15, 0.2) is 261 Å². The Hall–Kier alpha value is -10.1. The highest BCUT2D eigenvalue weighted by molar-refractivity contribution is 6.27. The van der Waals surface area contributed by atoms with E-state index in [4.69, 9.17) is 9.97 Å². The summed E-state index contributed by atoms with van der Waals surface area (Å²) in [6, 6.07) is 94.7. The Kier molecular flexibility index (Phi) is 8.97. The zero-order chi connectivity index (χ0) is 49.1. The molecule has 0 bridgehead atoms. The van der Waals surface area contributed by atoms with Crippen LogP contribution in [0.4, 0.5) is 17.1 Å². The van der Waals surface area contributed by atoms with Gasteiger partial charge in [0, 0.05) is 55.0 Å².